The fourth-order valence-electron chi connectivity index (χ4n) is 2.74. The Labute approximate surface area is 121 Å². The van der Waals surface area contributed by atoms with Gasteiger partial charge in [0, 0.05) is 19.6 Å². The number of benzene rings is 1. The summed E-state index contributed by atoms with van der Waals surface area (Å²) < 4.78 is 12.7. The molecule has 7 heteroatoms. The van der Waals surface area contributed by atoms with Crippen molar-refractivity contribution in [2.24, 2.45) is 0 Å². The van der Waals surface area contributed by atoms with Crippen LogP contribution >= 0.6 is 0 Å². The van der Waals surface area contributed by atoms with Crippen molar-refractivity contribution < 1.29 is 14.6 Å². The predicted molar refractivity (Wildman–Crippen MR) is 72.8 cm³/mol. The molecular formula is C14H16N4O3. The first-order valence-electron chi connectivity index (χ1n) is 6.96. The van der Waals surface area contributed by atoms with Crippen molar-refractivity contribution in [3.63, 3.8) is 0 Å². The standard InChI is InChI=1S/C14H16N4O3/c19-11(10-1-2-12-13(5-10)21-9-20-12)6-17-3-4-18-8-15-16-14(18)7-17/h1-2,5,8,11,19H,3-4,6-7,9H2. The Kier molecular flexibility index (Phi) is 3.01. The van der Waals surface area contributed by atoms with Crippen LogP contribution in [0.25, 0.3) is 0 Å². The van der Waals surface area contributed by atoms with Gasteiger partial charge in [0.1, 0.15) is 12.2 Å². The molecule has 110 valence electrons. The van der Waals surface area contributed by atoms with Crippen molar-refractivity contribution in [1.29, 1.82) is 0 Å². The van der Waals surface area contributed by atoms with Crippen molar-refractivity contribution in [2.45, 2.75) is 19.2 Å². The maximum Gasteiger partial charge on any atom is 0.231 e. The van der Waals surface area contributed by atoms with Crippen molar-refractivity contribution >= 4 is 0 Å². The lowest BCUT2D eigenvalue weighted by atomic mass is 10.1. The van der Waals surface area contributed by atoms with Gasteiger partial charge in [-0.3, -0.25) is 4.90 Å². The van der Waals surface area contributed by atoms with Crippen LogP contribution in [-0.4, -0.2) is 44.7 Å². The summed E-state index contributed by atoms with van der Waals surface area (Å²) in [5.74, 6) is 2.38. The van der Waals surface area contributed by atoms with Gasteiger partial charge in [-0.1, -0.05) is 6.07 Å². The zero-order valence-corrected chi connectivity index (χ0v) is 11.5. The summed E-state index contributed by atoms with van der Waals surface area (Å²) in [4.78, 5) is 2.18. The molecule has 0 radical (unpaired) electrons. The highest BCUT2D eigenvalue weighted by atomic mass is 16.7. The van der Waals surface area contributed by atoms with Crippen LogP contribution in [0.5, 0.6) is 11.5 Å². The third-order valence-electron chi connectivity index (χ3n) is 3.93. The van der Waals surface area contributed by atoms with Gasteiger partial charge in [-0.05, 0) is 17.7 Å². The summed E-state index contributed by atoms with van der Waals surface area (Å²) in [6.07, 6.45) is 1.19. The van der Waals surface area contributed by atoms with E-state index in [9.17, 15) is 5.11 Å². The first-order chi connectivity index (χ1) is 10.3. The number of β-amino-alcohol motifs (C(OH)–C–C–N with tert-alkyl or cyclic N) is 1. The number of ether oxygens (including phenoxy) is 2. The molecule has 2 aromatic rings. The van der Waals surface area contributed by atoms with Gasteiger partial charge in [-0.25, -0.2) is 0 Å². The van der Waals surface area contributed by atoms with Crippen molar-refractivity contribution in [2.75, 3.05) is 19.9 Å². The molecule has 1 aromatic carbocycles. The maximum absolute atomic E-state index is 10.4. The Morgan fingerprint density at radius 1 is 1.24 bits per heavy atom. The van der Waals surface area contributed by atoms with Crippen LogP contribution in [-0.2, 0) is 13.1 Å². The number of nitrogens with zero attached hydrogens (tertiary/aromatic N) is 4. The first-order valence-corrected chi connectivity index (χ1v) is 6.96. The normalized spacial score (nSPS) is 18.5. The molecule has 2 aliphatic heterocycles. The summed E-state index contributed by atoms with van der Waals surface area (Å²) >= 11 is 0. The van der Waals surface area contributed by atoms with Crippen LogP contribution < -0.4 is 9.47 Å². The van der Waals surface area contributed by atoms with E-state index in [1.807, 2.05) is 22.8 Å². The van der Waals surface area contributed by atoms with E-state index in [4.69, 9.17) is 9.47 Å². The number of aromatic nitrogens is 3. The van der Waals surface area contributed by atoms with Crippen LogP contribution in [0, 0.1) is 0 Å². The highest BCUT2D eigenvalue weighted by molar-refractivity contribution is 5.45. The molecule has 0 bridgehead atoms. The summed E-state index contributed by atoms with van der Waals surface area (Å²) in [5, 5.41) is 18.4. The van der Waals surface area contributed by atoms with Gasteiger partial charge in [-0.2, -0.15) is 0 Å². The van der Waals surface area contributed by atoms with Crippen LogP contribution in [0.2, 0.25) is 0 Å². The third-order valence-corrected chi connectivity index (χ3v) is 3.93. The number of rotatable bonds is 3. The quantitative estimate of drug-likeness (QED) is 0.889. The Balaban J connectivity index is 1.45. The molecule has 1 atom stereocenters. The van der Waals surface area contributed by atoms with Crippen LogP contribution in [0.1, 0.15) is 17.5 Å². The van der Waals surface area contributed by atoms with Gasteiger partial charge < -0.3 is 19.1 Å². The van der Waals surface area contributed by atoms with Gasteiger partial charge >= 0.3 is 0 Å². The molecule has 0 saturated heterocycles. The minimum absolute atomic E-state index is 0.247. The average Bonchev–Trinajstić information content (AvgIpc) is 3.14. The van der Waals surface area contributed by atoms with Crippen molar-refractivity contribution in [3.8, 4) is 11.5 Å². The number of hydrogen-bond donors (Lipinski definition) is 1. The maximum atomic E-state index is 10.4. The highest BCUT2D eigenvalue weighted by Gasteiger charge is 2.22. The molecule has 2 aliphatic rings. The zero-order valence-electron chi connectivity index (χ0n) is 11.5. The molecule has 4 rings (SSSR count). The van der Waals surface area contributed by atoms with Crippen LogP contribution in [0.15, 0.2) is 24.5 Å². The molecule has 1 N–H and O–H groups in total. The van der Waals surface area contributed by atoms with E-state index in [2.05, 4.69) is 15.1 Å². The van der Waals surface area contributed by atoms with Crippen molar-refractivity contribution in [3.05, 3.63) is 35.9 Å². The SMILES string of the molecule is OC(CN1CCn2cnnc2C1)c1ccc2c(c1)OCO2. The summed E-state index contributed by atoms with van der Waals surface area (Å²) in [5.41, 5.74) is 0.839. The number of fused-ring (bicyclic) bond motifs is 2. The topological polar surface area (TPSA) is 72.6 Å². The van der Waals surface area contributed by atoms with Crippen LogP contribution in [0.3, 0.4) is 0 Å². The molecule has 0 amide bonds. The smallest absolute Gasteiger partial charge is 0.231 e. The molecule has 0 spiro atoms. The highest BCUT2D eigenvalue weighted by Crippen LogP contribution is 2.34. The van der Waals surface area contributed by atoms with Gasteiger partial charge in [0.05, 0.1) is 12.6 Å². The van der Waals surface area contributed by atoms with E-state index >= 15 is 0 Å². The Morgan fingerprint density at radius 3 is 3.10 bits per heavy atom. The summed E-state index contributed by atoms with van der Waals surface area (Å²) in [6, 6.07) is 5.57. The minimum atomic E-state index is -0.561. The molecule has 1 aromatic heterocycles. The molecule has 7 nitrogen and oxygen atoms in total. The molecule has 21 heavy (non-hydrogen) atoms. The van der Waals surface area contributed by atoms with Gasteiger partial charge in [0.2, 0.25) is 6.79 Å². The summed E-state index contributed by atoms with van der Waals surface area (Å²) in [6.45, 7) is 3.26. The molecule has 1 unspecified atom stereocenters. The lowest BCUT2D eigenvalue weighted by Crippen LogP contribution is -2.36. The number of aliphatic hydroxyl groups is 1. The number of aliphatic hydroxyl groups excluding tert-OH is 1. The molecule has 3 heterocycles. The molecule has 0 fully saturated rings. The van der Waals surface area contributed by atoms with E-state index in [1.165, 1.54) is 0 Å². The second kappa shape index (κ2) is 5.01. The van der Waals surface area contributed by atoms with Gasteiger partial charge in [0.25, 0.3) is 0 Å². The van der Waals surface area contributed by atoms with E-state index < -0.39 is 6.10 Å². The van der Waals surface area contributed by atoms with E-state index in [0.717, 1.165) is 30.2 Å². The Hall–Kier alpha value is -2.12. The van der Waals surface area contributed by atoms with E-state index in [-0.39, 0.29) is 6.79 Å². The third kappa shape index (κ3) is 2.34. The van der Waals surface area contributed by atoms with Crippen molar-refractivity contribution in [1.82, 2.24) is 19.7 Å². The minimum Gasteiger partial charge on any atom is -0.454 e. The fraction of sp³-hybridized carbons (Fsp3) is 0.429. The van der Waals surface area contributed by atoms with E-state index in [0.29, 0.717) is 18.8 Å². The summed E-state index contributed by atoms with van der Waals surface area (Å²) in [7, 11) is 0. The Bertz CT molecular complexity index is 657. The van der Waals surface area contributed by atoms with Gasteiger partial charge in [0.15, 0.2) is 11.5 Å². The average molecular weight is 288 g/mol. The molecule has 0 aliphatic carbocycles. The van der Waals surface area contributed by atoms with Gasteiger partial charge in [-0.15, -0.1) is 10.2 Å². The van der Waals surface area contributed by atoms with Crippen LogP contribution in [0.4, 0.5) is 0 Å². The second-order valence-corrected chi connectivity index (χ2v) is 5.30. The predicted octanol–water partition coefficient (Wildman–Crippen LogP) is 0.556. The first kappa shape index (κ1) is 12.6. The Morgan fingerprint density at radius 2 is 2.14 bits per heavy atom. The lowest BCUT2D eigenvalue weighted by molar-refractivity contribution is 0.0960. The fourth-order valence-corrected chi connectivity index (χ4v) is 2.74. The molecular weight excluding hydrogens is 272 g/mol. The largest absolute Gasteiger partial charge is 0.454 e. The lowest BCUT2D eigenvalue weighted by Gasteiger charge is -2.28. The monoisotopic (exact) mass is 288 g/mol. The molecule has 0 saturated carbocycles. The zero-order chi connectivity index (χ0) is 14.2. The van der Waals surface area contributed by atoms with E-state index in [1.54, 1.807) is 6.33 Å². The second-order valence-electron chi connectivity index (χ2n) is 5.30. The number of hydrogen-bond acceptors (Lipinski definition) is 6.